The Balaban J connectivity index is 2.19. The minimum atomic E-state index is 0.292. The first-order valence-electron chi connectivity index (χ1n) is 5.31. The van der Waals surface area contributed by atoms with Crippen LogP contribution in [-0.4, -0.2) is 4.98 Å². The van der Waals surface area contributed by atoms with Crippen molar-refractivity contribution in [2.24, 2.45) is 0 Å². The van der Waals surface area contributed by atoms with Gasteiger partial charge in [0.1, 0.15) is 5.82 Å². The summed E-state index contributed by atoms with van der Waals surface area (Å²) < 4.78 is 0.889. The SMILES string of the molecule is CCC(Nc1ncc(Cl)cc1Br)c1cccs1. The lowest BCUT2D eigenvalue weighted by Crippen LogP contribution is -2.09. The third-order valence-electron chi connectivity index (χ3n) is 2.41. The van der Waals surface area contributed by atoms with Crippen LogP contribution in [0.5, 0.6) is 0 Å². The Kier molecular flexibility index (Phi) is 4.42. The predicted octanol–water partition coefficient (Wildman–Crippen LogP) is 5.12. The number of aromatic nitrogens is 1. The van der Waals surface area contributed by atoms with Gasteiger partial charge in [0.15, 0.2) is 0 Å². The molecule has 5 heteroatoms. The molecule has 0 bridgehead atoms. The van der Waals surface area contributed by atoms with Gasteiger partial charge < -0.3 is 5.32 Å². The molecule has 1 atom stereocenters. The molecule has 0 fully saturated rings. The number of pyridine rings is 1. The van der Waals surface area contributed by atoms with Crippen LogP contribution in [0.1, 0.15) is 24.3 Å². The summed E-state index contributed by atoms with van der Waals surface area (Å²) in [6, 6.07) is 6.34. The highest BCUT2D eigenvalue weighted by Crippen LogP contribution is 2.29. The predicted molar refractivity (Wildman–Crippen MR) is 77.9 cm³/mol. The Morgan fingerprint density at radius 2 is 2.41 bits per heavy atom. The maximum absolute atomic E-state index is 5.87. The largest absolute Gasteiger partial charge is 0.362 e. The highest BCUT2D eigenvalue weighted by molar-refractivity contribution is 9.10. The first kappa shape index (κ1) is 12.9. The topological polar surface area (TPSA) is 24.9 Å². The summed E-state index contributed by atoms with van der Waals surface area (Å²) in [5.74, 6) is 0.828. The zero-order valence-electron chi connectivity index (χ0n) is 9.28. The lowest BCUT2D eigenvalue weighted by Gasteiger charge is -2.17. The van der Waals surface area contributed by atoms with E-state index in [1.54, 1.807) is 17.5 Å². The van der Waals surface area contributed by atoms with Crippen LogP contribution in [0.15, 0.2) is 34.2 Å². The minimum Gasteiger partial charge on any atom is -0.362 e. The highest BCUT2D eigenvalue weighted by atomic mass is 79.9. The van der Waals surface area contributed by atoms with E-state index >= 15 is 0 Å². The second-order valence-corrected chi connectivity index (χ2v) is 5.87. The van der Waals surface area contributed by atoms with Crippen molar-refractivity contribution < 1.29 is 0 Å². The number of anilines is 1. The molecule has 0 saturated heterocycles. The van der Waals surface area contributed by atoms with Crippen LogP contribution in [0.3, 0.4) is 0 Å². The Bertz CT molecular complexity index is 487. The number of thiophene rings is 1. The molecule has 1 N–H and O–H groups in total. The molecular formula is C12H12BrClN2S. The number of hydrogen-bond donors (Lipinski definition) is 1. The van der Waals surface area contributed by atoms with Gasteiger partial charge in [0.05, 0.1) is 15.5 Å². The summed E-state index contributed by atoms with van der Waals surface area (Å²) in [6.07, 6.45) is 2.66. The minimum absolute atomic E-state index is 0.292. The first-order valence-corrected chi connectivity index (χ1v) is 7.36. The molecule has 2 rings (SSSR count). The zero-order chi connectivity index (χ0) is 12.3. The van der Waals surface area contributed by atoms with Crippen molar-refractivity contribution in [1.82, 2.24) is 4.98 Å². The van der Waals surface area contributed by atoms with Gasteiger partial charge in [-0.15, -0.1) is 11.3 Å². The summed E-state index contributed by atoms with van der Waals surface area (Å²) in [6.45, 7) is 2.15. The molecule has 0 radical (unpaired) electrons. The van der Waals surface area contributed by atoms with Crippen molar-refractivity contribution in [3.63, 3.8) is 0 Å². The van der Waals surface area contributed by atoms with E-state index in [9.17, 15) is 0 Å². The van der Waals surface area contributed by atoms with Crippen LogP contribution < -0.4 is 5.32 Å². The second-order valence-electron chi connectivity index (χ2n) is 3.60. The second kappa shape index (κ2) is 5.85. The normalized spacial score (nSPS) is 12.4. The lowest BCUT2D eigenvalue weighted by molar-refractivity contribution is 0.758. The molecule has 2 aromatic heterocycles. The van der Waals surface area contributed by atoms with Gasteiger partial charge in [-0.1, -0.05) is 24.6 Å². The fraction of sp³-hybridized carbons (Fsp3) is 0.250. The maximum atomic E-state index is 5.87. The summed E-state index contributed by atoms with van der Waals surface area (Å²) >= 11 is 11.1. The van der Waals surface area contributed by atoms with Crippen LogP contribution in [0.4, 0.5) is 5.82 Å². The first-order chi connectivity index (χ1) is 8.20. The summed E-state index contributed by atoms with van der Waals surface area (Å²) in [7, 11) is 0. The smallest absolute Gasteiger partial charge is 0.140 e. The third kappa shape index (κ3) is 3.21. The Morgan fingerprint density at radius 1 is 1.59 bits per heavy atom. The van der Waals surface area contributed by atoms with E-state index in [-0.39, 0.29) is 0 Å². The van der Waals surface area contributed by atoms with E-state index in [2.05, 4.69) is 50.7 Å². The molecule has 1 unspecified atom stereocenters. The van der Waals surface area contributed by atoms with Gasteiger partial charge in [0.25, 0.3) is 0 Å². The molecule has 0 spiro atoms. The molecule has 2 aromatic rings. The van der Waals surface area contributed by atoms with Gasteiger partial charge >= 0.3 is 0 Å². The van der Waals surface area contributed by atoms with Crippen molar-refractivity contribution in [2.45, 2.75) is 19.4 Å². The molecule has 0 saturated carbocycles. The van der Waals surface area contributed by atoms with E-state index in [1.165, 1.54) is 4.88 Å². The number of hydrogen-bond acceptors (Lipinski definition) is 3. The Labute approximate surface area is 118 Å². The molecule has 2 heterocycles. The van der Waals surface area contributed by atoms with Crippen molar-refractivity contribution in [2.75, 3.05) is 5.32 Å². The van der Waals surface area contributed by atoms with Crippen LogP contribution in [0.2, 0.25) is 5.02 Å². The van der Waals surface area contributed by atoms with Crippen LogP contribution in [-0.2, 0) is 0 Å². The standard InChI is InChI=1S/C12H12BrClN2S/c1-2-10(11-4-3-5-17-11)16-12-9(13)6-8(14)7-15-12/h3-7,10H,2H2,1H3,(H,15,16). The monoisotopic (exact) mass is 330 g/mol. The molecule has 17 heavy (non-hydrogen) atoms. The van der Waals surface area contributed by atoms with Gasteiger partial charge in [0, 0.05) is 11.1 Å². The fourth-order valence-electron chi connectivity index (χ4n) is 1.55. The number of rotatable bonds is 4. The van der Waals surface area contributed by atoms with Gasteiger partial charge in [0.2, 0.25) is 0 Å². The number of nitrogens with one attached hydrogen (secondary N) is 1. The number of nitrogens with zero attached hydrogens (tertiary/aromatic N) is 1. The van der Waals surface area contributed by atoms with Crippen molar-refractivity contribution in [3.8, 4) is 0 Å². The molecule has 0 aliphatic carbocycles. The van der Waals surface area contributed by atoms with E-state index in [4.69, 9.17) is 11.6 Å². The average Bonchev–Trinajstić information content (AvgIpc) is 2.81. The quantitative estimate of drug-likeness (QED) is 0.841. The molecule has 0 aliphatic heterocycles. The number of halogens is 2. The average molecular weight is 332 g/mol. The van der Waals surface area contributed by atoms with Crippen molar-refractivity contribution in [3.05, 3.63) is 44.1 Å². The third-order valence-corrected chi connectivity index (χ3v) is 4.21. The van der Waals surface area contributed by atoms with E-state index < -0.39 is 0 Å². The maximum Gasteiger partial charge on any atom is 0.140 e. The van der Waals surface area contributed by atoms with Crippen LogP contribution in [0.25, 0.3) is 0 Å². The van der Waals surface area contributed by atoms with Gasteiger partial charge in [-0.25, -0.2) is 4.98 Å². The van der Waals surface area contributed by atoms with Crippen LogP contribution in [0, 0.1) is 0 Å². The molecule has 0 aromatic carbocycles. The summed E-state index contributed by atoms with van der Waals surface area (Å²) in [5.41, 5.74) is 0. The van der Waals surface area contributed by atoms with E-state index in [0.29, 0.717) is 11.1 Å². The van der Waals surface area contributed by atoms with Crippen molar-refractivity contribution >= 4 is 44.7 Å². The van der Waals surface area contributed by atoms with Crippen LogP contribution >= 0.6 is 38.9 Å². The molecule has 2 nitrogen and oxygen atoms in total. The highest BCUT2D eigenvalue weighted by Gasteiger charge is 2.12. The molecule has 0 amide bonds. The lowest BCUT2D eigenvalue weighted by atomic mass is 10.2. The summed E-state index contributed by atoms with van der Waals surface area (Å²) in [5, 5.41) is 6.14. The van der Waals surface area contributed by atoms with Crippen molar-refractivity contribution in [1.29, 1.82) is 0 Å². The molecular weight excluding hydrogens is 320 g/mol. The fourth-order valence-corrected chi connectivity index (χ4v) is 3.16. The van der Waals surface area contributed by atoms with Gasteiger partial charge in [-0.3, -0.25) is 0 Å². The summed E-state index contributed by atoms with van der Waals surface area (Å²) in [4.78, 5) is 5.61. The van der Waals surface area contributed by atoms with Gasteiger partial charge in [-0.05, 0) is 39.9 Å². The molecule has 90 valence electrons. The Morgan fingerprint density at radius 3 is 3.00 bits per heavy atom. The van der Waals surface area contributed by atoms with E-state index in [0.717, 1.165) is 16.7 Å². The zero-order valence-corrected chi connectivity index (χ0v) is 12.4. The van der Waals surface area contributed by atoms with E-state index in [1.807, 2.05) is 6.07 Å². The Hall–Kier alpha value is -0.580. The van der Waals surface area contributed by atoms with Gasteiger partial charge in [-0.2, -0.15) is 0 Å². The molecule has 0 aliphatic rings.